The fraction of sp³-hybridized carbons (Fsp3) is 0.571. The summed E-state index contributed by atoms with van der Waals surface area (Å²) in [5, 5.41) is 3.40. The second-order valence-electron chi connectivity index (χ2n) is 5.17. The molecule has 1 aromatic rings. The molecule has 2 heterocycles. The van der Waals surface area contributed by atoms with Gasteiger partial charge < -0.3 is 5.32 Å². The van der Waals surface area contributed by atoms with Crippen LogP contribution in [-0.2, 0) is 19.6 Å². The molecule has 1 saturated heterocycles. The molecule has 2 aliphatic rings. The van der Waals surface area contributed by atoms with Gasteiger partial charge in [0, 0.05) is 32.7 Å². The minimum Gasteiger partial charge on any atom is -0.309 e. The van der Waals surface area contributed by atoms with Crippen LogP contribution in [0.5, 0.6) is 0 Å². The Kier molecular flexibility index (Phi) is 2.70. The van der Waals surface area contributed by atoms with E-state index < -0.39 is 0 Å². The number of likely N-dealkylation sites (tertiary alicyclic amines) is 1. The Bertz CT molecular complexity index is 380. The minimum absolute atomic E-state index is 0.955. The van der Waals surface area contributed by atoms with Crippen molar-refractivity contribution in [2.24, 2.45) is 5.92 Å². The molecule has 0 saturated carbocycles. The summed E-state index contributed by atoms with van der Waals surface area (Å²) >= 11 is 0. The summed E-state index contributed by atoms with van der Waals surface area (Å²) in [7, 11) is 0. The van der Waals surface area contributed by atoms with E-state index in [4.69, 9.17) is 0 Å². The van der Waals surface area contributed by atoms with Gasteiger partial charge in [0.05, 0.1) is 0 Å². The molecule has 2 aliphatic heterocycles. The van der Waals surface area contributed by atoms with Crippen LogP contribution in [0.3, 0.4) is 0 Å². The molecule has 0 bridgehead atoms. The van der Waals surface area contributed by atoms with Crippen LogP contribution in [0, 0.1) is 5.92 Å². The van der Waals surface area contributed by atoms with Crippen molar-refractivity contribution in [3.63, 3.8) is 0 Å². The topological polar surface area (TPSA) is 15.3 Å². The molecule has 0 amide bonds. The van der Waals surface area contributed by atoms with Gasteiger partial charge in [-0.3, -0.25) is 4.90 Å². The maximum absolute atomic E-state index is 3.40. The summed E-state index contributed by atoms with van der Waals surface area (Å²) in [5.74, 6) is 0.955. The summed E-state index contributed by atoms with van der Waals surface area (Å²) in [4.78, 5) is 2.55. The van der Waals surface area contributed by atoms with Gasteiger partial charge in [0.1, 0.15) is 0 Å². The van der Waals surface area contributed by atoms with Crippen molar-refractivity contribution < 1.29 is 0 Å². The largest absolute Gasteiger partial charge is 0.309 e. The fourth-order valence-electron chi connectivity index (χ4n) is 2.77. The lowest BCUT2D eigenvalue weighted by molar-refractivity contribution is 0.0899. The summed E-state index contributed by atoms with van der Waals surface area (Å²) in [6.45, 7) is 8.14. The third-order valence-corrected chi connectivity index (χ3v) is 3.92. The van der Waals surface area contributed by atoms with Gasteiger partial charge in [0.15, 0.2) is 0 Å². The molecule has 1 fully saturated rings. The number of nitrogens with one attached hydrogen (secondary N) is 1. The van der Waals surface area contributed by atoms with Gasteiger partial charge in [-0.25, -0.2) is 0 Å². The van der Waals surface area contributed by atoms with Crippen molar-refractivity contribution >= 4 is 0 Å². The smallest absolute Gasteiger partial charge is 0.0234 e. The van der Waals surface area contributed by atoms with E-state index in [9.17, 15) is 0 Å². The first kappa shape index (κ1) is 10.3. The minimum atomic E-state index is 0.955. The first-order valence-corrected chi connectivity index (χ1v) is 6.39. The lowest BCUT2D eigenvalue weighted by Crippen LogP contribution is -2.45. The monoisotopic (exact) mass is 216 g/mol. The van der Waals surface area contributed by atoms with E-state index in [1.54, 1.807) is 0 Å². The van der Waals surface area contributed by atoms with Crippen LogP contribution in [0.2, 0.25) is 0 Å². The van der Waals surface area contributed by atoms with Gasteiger partial charge in [0.2, 0.25) is 0 Å². The molecule has 0 atom stereocenters. The molecule has 1 N–H and O–H groups in total. The second kappa shape index (κ2) is 4.19. The van der Waals surface area contributed by atoms with Gasteiger partial charge in [-0.15, -0.1) is 0 Å². The first-order valence-electron chi connectivity index (χ1n) is 6.39. The summed E-state index contributed by atoms with van der Waals surface area (Å²) in [6, 6.07) is 6.97. The zero-order chi connectivity index (χ0) is 11.0. The standard InChI is InChI=1S/C14H20N2/c1-2-11-8-16(9-11)10-12-3-4-13-6-15-7-14(13)5-12/h3-5,11,15H,2,6-10H2,1H3. The number of rotatable bonds is 3. The second-order valence-corrected chi connectivity index (χ2v) is 5.17. The van der Waals surface area contributed by atoms with Crippen LogP contribution < -0.4 is 5.32 Å². The van der Waals surface area contributed by atoms with Crippen molar-refractivity contribution in [1.29, 1.82) is 0 Å². The highest BCUT2D eigenvalue weighted by molar-refractivity contribution is 5.34. The Morgan fingerprint density at radius 1 is 1.25 bits per heavy atom. The SMILES string of the molecule is CCC1CN(Cc2ccc3c(c2)CNC3)C1. The number of hydrogen-bond donors (Lipinski definition) is 1. The molecule has 16 heavy (non-hydrogen) atoms. The van der Waals surface area contributed by atoms with Crippen molar-refractivity contribution in [2.45, 2.75) is 33.0 Å². The normalized spacial score (nSPS) is 20.8. The van der Waals surface area contributed by atoms with Gasteiger partial charge in [-0.1, -0.05) is 31.5 Å². The van der Waals surface area contributed by atoms with Crippen molar-refractivity contribution in [1.82, 2.24) is 10.2 Å². The fourth-order valence-corrected chi connectivity index (χ4v) is 2.77. The molecule has 2 nitrogen and oxygen atoms in total. The average Bonchev–Trinajstić information content (AvgIpc) is 2.69. The van der Waals surface area contributed by atoms with Crippen LogP contribution in [0.25, 0.3) is 0 Å². The Balaban J connectivity index is 1.63. The Hall–Kier alpha value is -0.860. The van der Waals surface area contributed by atoms with E-state index in [0.29, 0.717) is 0 Å². The molecule has 2 heteroatoms. The van der Waals surface area contributed by atoms with Crippen LogP contribution in [0.15, 0.2) is 18.2 Å². The molecule has 1 aromatic carbocycles. The number of fused-ring (bicyclic) bond motifs is 1. The zero-order valence-electron chi connectivity index (χ0n) is 10.00. The maximum Gasteiger partial charge on any atom is 0.0234 e. The summed E-state index contributed by atoms with van der Waals surface area (Å²) < 4.78 is 0. The molecule has 3 rings (SSSR count). The highest BCUT2D eigenvalue weighted by atomic mass is 15.2. The molecule has 86 valence electrons. The molecule has 0 radical (unpaired) electrons. The quantitative estimate of drug-likeness (QED) is 0.832. The van der Waals surface area contributed by atoms with Gasteiger partial charge in [-0.2, -0.15) is 0 Å². The highest BCUT2D eigenvalue weighted by Gasteiger charge is 2.24. The molecule has 0 aliphatic carbocycles. The average molecular weight is 216 g/mol. The predicted octanol–water partition coefficient (Wildman–Crippen LogP) is 2.13. The van der Waals surface area contributed by atoms with E-state index in [2.05, 4.69) is 35.3 Å². The highest BCUT2D eigenvalue weighted by Crippen LogP contribution is 2.23. The lowest BCUT2D eigenvalue weighted by Gasteiger charge is -2.39. The molecule has 0 unspecified atom stereocenters. The van der Waals surface area contributed by atoms with Gasteiger partial charge in [-0.05, 0) is 22.6 Å². The predicted molar refractivity (Wildman–Crippen MR) is 66.0 cm³/mol. The van der Waals surface area contributed by atoms with Gasteiger partial charge >= 0.3 is 0 Å². The van der Waals surface area contributed by atoms with Crippen LogP contribution >= 0.6 is 0 Å². The lowest BCUT2D eigenvalue weighted by atomic mass is 9.96. The molecular weight excluding hydrogens is 196 g/mol. The third kappa shape index (κ3) is 1.87. The third-order valence-electron chi connectivity index (χ3n) is 3.92. The molecule has 0 spiro atoms. The number of benzene rings is 1. The number of hydrogen-bond acceptors (Lipinski definition) is 2. The van der Waals surface area contributed by atoms with Crippen molar-refractivity contribution in [3.8, 4) is 0 Å². The molecular formula is C14H20N2. The van der Waals surface area contributed by atoms with E-state index in [1.165, 1.54) is 36.2 Å². The van der Waals surface area contributed by atoms with E-state index >= 15 is 0 Å². The summed E-state index contributed by atoms with van der Waals surface area (Å²) in [5.41, 5.74) is 4.47. The Morgan fingerprint density at radius 2 is 2.06 bits per heavy atom. The Morgan fingerprint density at radius 3 is 2.88 bits per heavy atom. The van der Waals surface area contributed by atoms with Crippen LogP contribution in [0.4, 0.5) is 0 Å². The van der Waals surface area contributed by atoms with E-state index in [0.717, 1.165) is 25.6 Å². The maximum atomic E-state index is 3.40. The number of nitrogens with zero attached hydrogens (tertiary/aromatic N) is 1. The summed E-state index contributed by atoms with van der Waals surface area (Å²) in [6.07, 6.45) is 1.34. The van der Waals surface area contributed by atoms with Crippen LogP contribution in [-0.4, -0.2) is 18.0 Å². The van der Waals surface area contributed by atoms with Gasteiger partial charge in [0.25, 0.3) is 0 Å². The first-order chi connectivity index (χ1) is 7.85. The van der Waals surface area contributed by atoms with Crippen molar-refractivity contribution in [3.05, 3.63) is 34.9 Å². The molecule has 0 aromatic heterocycles. The van der Waals surface area contributed by atoms with Crippen LogP contribution in [0.1, 0.15) is 30.0 Å². The van der Waals surface area contributed by atoms with E-state index in [-0.39, 0.29) is 0 Å². The Labute approximate surface area is 97.6 Å². The van der Waals surface area contributed by atoms with Crippen molar-refractivity contribution in [2.75, 3.05) is 13.1 Å². The van der Waals surface area contributed by atoms with E-state index in [1.807, 2.05) is 0 Å². The zero-order valence-corrected chi connectivity index (χ0v) is 10.00.